The van der Waals surface area contributed by atoms with Crippen molar-refractivity contribution < 1.29 is 0 Å². The van der Waals surface area contributed by atoms with Crippen LogP contribution in [-0.4, -0.2) is 7.05 Å². The molecule has 1 heterocycles. The van der Waals surface area contributed by atoms with Crippen molar-refractivity contribution in [2.45, 2.75) is 18.9 Å². The first-order chi connectivity index (χ1) is 8.70. The van der Waals surface area contributed by atoms with Crippen LogP contribution in [-0.2, 0) is 6.42 Å². The molecule has 1 unspecified atom stereocenters. The summed E-state index contributed by atoms with van der Waals surface area (Å²) in [6.07, 6.45) is 2.13. The standard InChI is InChI=1S/C14H15BrClNS/c1-17-14(7-5-11-3-2-8-18-11)12-6-4-10(15)9-13(12)16/h2-4,6,8-9,14,17H,5,7H2,1H3. The first kappa shape index (κ1) is 14.1. The lowest BCUT2D eigenvalue weighted by molar-refractivity contribution is 0.551. The zero-order valence-electron chi connectivity index (χ0n) is 10.1. The van der Waals surface area contributed by atoms with E-state index in [0.29, 0.717) is 6.04 Å². The summed E-state index contributed by atoms with van der Waals surface area (Å²) in [6.45, 7) is 0. The molecular formula is C14H15BrClNS. The van der Waals surface area contributed by atoms with E-state index in [1.165, 1.54) is 10.4 Å². The molecular weight excluding hydrogens is 330 g/mol. The highest BCUT2D eigenvalue weighted by Crippen LogP contribution is 2.29. The van der Waals surface area contributed by atoms with Gasteiger partial charge in [-0.2, -0.15) is 0 Å². The molecule has 0 fully saturated rings. The molecule has 1 aromatic heterocycles. The molecule has 1 N–H and O–H groups in total. The van der Waals surface area contributed by atoms with Crippen LogP contribution in [0.15, 0.2) is 40.2 Å². The highest BCUT2D eigenvalue weighted by molar-refractivity contribution is 9.10. The number of rotatable bonds is 5. The predicted octanol–water partition coefficient (Wildman–Crippen LogP) is 5.06. The zero-order chi connectivity index (χ0) is 13.0. The van der Waals surface area contributed by atoms with Gasteiger partial charge in [0, 0.05) is 20.4 Å². The van der Waals surface area contributed by atoms with Crippen molar-refractivity contribution in [1.82, 2.24) is 5.32 Å². The molecule has 0 aliphatic heterocycles. The van der Waals surface area contributed by atoms with Crippen LogP contribution in [0, 0.1) is 0 Å². The summed E-state index contributed by atoms with van der Waals surface area (Å²) in [5.74, 6) is 0. The first-order valence-corrected chi connectivity index (χ1v) is 7.90. The molecule has 18 heavy (non-hydrogen) atoms. The van der Waals surface area contributed by atoms with Crippen LogP contribution in [0.3, 0.4) is 0 Å². The topological polar surface area (TPSA) is 12.0 Å². The van der Waals surface area contributed by atoms with Gasteiger partial charge in [0.15, 0.2) is 0 Å². The Hall–Kier alpha value is -0.350. The summed E-state index contributed by atoms with van der Waals surface area (Å²) in [5, 5.41) is 6.28. The van der Waals surface area contributed by atoms with Crippen LogP contribution in [0.4, 0.5) is 0 Å². The number of benzene rings is 1. The summed E-state index contributed by atoms with van der Waals surface area (Å²) in [7, 11) is 1.98. The van der Waals surface area contributed by atoms with E-state index in [-0.39, 0.29) is 0 Å². The largest absolute Gasteiger partial charge is 0.313 e. The molecule has 1 aromatic carbocycles. The van der Waals surface area contributed by atoms with E-state index in [9.17, 15) is 0 Å². The number of nitrogens with one attached hydrogen (secondary N) is 1. The van der Waals surface area contributed by atoms with Gasteiger partial charge in [-0.1, -0.05) is 39.7 Å². The maximum absolute atomic E-state index is 6.30. The first-order valence-electron chi connectivity index (χ1n) is 5.85. The van der Waals surface area contributed by atoms with Crippen molar-refractivity contribution in [3.05, 3.63) is 55.6 Å². The van der Waals surface area contributed by atoms with Crippen LogP contribution < -0.4 is 5.32 Å². The maximum atomic E-state index is 6.30. The summed E-state index contributed by atoms with van der Waals surface area (Å²) in [6, 6.07) is 10.7. The second-order valence-corrected chi connectivity index (χ2v) is 6.48. The van der Waals surface area contributed by atoms with Crippen LogP contribution in [0.2, 0.25) is 5.02 Å². The number of hydrogen-bond donors (Lipinski definition) is 1. The molecule has 2 aromatic rings. The van der Waals surface area contributed by atoms with Gasteiger partial charge in [-0.25, -0.2) is 0 Å². The highest BCUT2D eigenvalue weighted by atomic mass is 79.9. The van der Waals surface area contributed by atoms with E-state index in [1.807, 2.05) is 30.5 Å². The zero-order valence-corrected chi connectivity index (χ0v) is 13.3. The number of aryl methyl sites for hydroxylation is 1. The Morgan fingerprint density at radius 3 is 2.83 bits per heavy atom. The van der Waals surface area contributed by atoms with E-state index in [1.54, 1.807) is 0 Å². The van der Waals surface area contributed by atoms with Gasteiger partial charge in [0.05, 0.1) is 0 Å². The van der Waals surface area contributed by atoms with Crippen LogP contribution in [0.1, 0.15) is 22.9 Å². The lowest BCUT2D eigenvalue weighted by Crippen LogP contribution is -2.17. The third-order valence-corrected chi connectivity index (χ3v) is 4.70. The number of hydrogen-bond acceptors (Lipinski definition) is 2. The van der Waals surface area contributed by atoms with Crippen molar-refractivity contribution in [2.75, 3.05) is 7.05 Å². The third kappa shape index (κ3) is 3.58. The Balaban J connectivity index is 2.08. The Morgan fingerprint density at radius 2 is 2.22 bits per heavy atom. The van der Waals surface area contributed by atoms with E-state index in [2.05, 4.69) is 44.8 Å². The lowest BCUT2D eigenvalue weighted by atomic mass is 10.0. The normalized spacial score (nSPS) is 12.6. The van der Waals surface area contributed by atoms with Gasteiger partial charge in [0.25, 0.3) is 0 Å². The Labute approximate surface area is 125 Å². The molecule has 4 heteroatoms. The van der Waals surface area contributed by atoms with Gasteiger partial charge in [0.1, 0.15) is 0 Å². The van der Waals surface area contributed by atoms with E-state index < -0.39 is 0 Å². The van der Waals surface area contributed by atoms with E-state index >= 15 is 0 Å². The van der Waals surface area contributed by atoms with Gasteiger partial charge in [-0.3, -0.25) is 0 Å². The minimum absolute atomic E-state index is 0.299. The SMILES string of the molecule is CNC(CCc1cccs1)c1ccc(Br)cc1Cl. The average Bonchev–Trinajstić information content (AvgIpc) is 2.85. The van der Waals surface area contributed by atoms with E-state index in [4.69, 9.17) is 11.6 Å². The molecule has 0 aliphatic carbocycles. The van der Waals surface area contributed by atoms with Crippen molar-refractivity contribution in [1.29, 1.82) is 0 Å². The summed E-state index contributed by atoms with van der Waals surface area (Å²) >= 11 is 11.5. The number of thiophene rings is 1. The van der Waals surface area contributed by atoms with Gasteiger partial charge >= 0.3 is 0 Å². The average molecular weight is 345 g/mol. The molecule has 96 valence electrons. The summed E-state index contributed by atoms with van der Waals surface area (Å²) in [4.78, 5) is 1.42. The van der Waals surface area contributed by atoms with Gasteiger partial charge in [0.2, 0.25) is 0 Å². The fourth-order valence-electron chi connectivity index (χ4n) is 1.98. The van der Waals surface area contributed by atoms with Crippen molar-refractivity contribution in [3.8, 4) is 0 Å². The molecule has 0 saturated heterocycles. The summed E-state index contributed by atoms with van der Waals surface area (Å²) in [5.41, 5.74) is 1.17. The molecule has 2 rings (SSSR count). The fraction of sp³-hybridized carbons (Fsp3) is 0.286. The Kier molecular flexibility index (Phi) is 5.25. The van der Waals surface area contributed by atoms with Gasteiger partial charge in [-0.05, 0) is 49.0 Å². The smallest absolute Gasteiger partial charge is 0.0465 e. The van der Waals surface area contributed by atoms with Crippen LogP contribution >= 0.6 is 38.9 Å². The van der Waals surface area contributed by atoms with Crippen molar-refractivity contribution in [3.63, 3.8) is 0 Å². The highest BCUT2D eigenvalue weighted by Gasteiger charge is 2.13. The molecule has 1 atom stereocenters. The summed E-state index contributed by atoms with van der Waals surface area (Å²) < 4.78 is 1.02. The minimum Gasteiger partial charge on any atom is -0.313 e. The molecule has 0 radical (unpaired) electrons. The Bertz CT molecular complexity index is 499. The molecule has 0 aliphatic rings. The van der Waals surface area contributed by atoms with Crippen molar-refractivity contribution >= 4 is 38.9 Å². The predicted molar refractivity (Wildman–Crippen MR) is 83.6 cm³/mol. The second kappa shape index (κ2) is 6.71. The minimum atomic E-state index is 0.299. The van der Waals surface area contributed by atoms with Crippen molar-refractivity contribution in [2.24, 2.45) is 0 Å². The fourth-order valence-corrected chi connectivity index (χ4v) is 3.51. The molecule has 1 nitrogen and oxygen atoms in total. The van der Waals surface area contributed by atoms with Gasteiger partial charge < -0.3 is 5.32 Å². The maximum Gasteiger partial charge on any atom is 0.0465 e. The molecule has 0 spiro atoms. The molecule has 0 saturated carbocycles. The number of halogens is 2. The molecule has 0 bridgehead atoms. The quantitative estimate of drug-likeness (QED) is 0.799. The van der Waals surface area contributed by atoms with Gasteiger partial charge in [-0.15, -0.1) is 11.3 Å². The van der Waals surface area contributed by atoms with Crippen LogP contribution in [0.5, 0.6) is 0 Å². The third-order valence-electron chi connectivity index (χ3n) is 2.95. The van der Waals surface area contributed by atoms with Crippen LogP contribution in [0.25, 0.3) is 0 Å². The lowest BCUT2D eigenvalue weighted by Gasteiger charge is -2.17. The molecule has 0 amide bonds. The Morgan fingerprint density at radius 1 is 1.39 bits per heavy atom. The second-order valence-electron chi connectivity index (χ2n) is 4.13. The van der Waals surface area contributed by atoms with E-state index in [0.717, 1.165) is 22.3 Å². The monoisotopic (exact) mass is 343 g/mol.